The summed E-state index contributed by atoms with van der Waals surface area (Å²) in [5, 5.41) is 5.44. The molecule has 1 aromatic carbocycles. The van der Waals surface area contributed by atoms with Crippen molar-refractivity contribution in [3.8, 4) is 11.3 Å². The van der Waals surface area contributed by atoms with Crippen molar-refractivity contribution in [3.05, 3.63) is 65.2 Å². The normalized spacial score (nSPS) is 11.0. The average molecular weight is 444 g/mol. The Kier molecular flexibility index (Phi) is 7.42. The summed E-state index contributed by atoms with van der Waals surface area (Å²) in [5.74, 6) is -5.01. The molecule has 2 heterocycles. The molecule has 0 aliphatic carbocycles. The van der Waals surface area contributed by atoms with Crippen LogP contribution in [0.3, 0.4) is 0 Å². The predicted octanol–water partition coefficient (Wildman–Crippen LogP) is 5.68. The molecule has 0 aliphatic heterocycles. The molecule has 0 unspecified atom stereocenters. The summed E-state index contributed by atoms with van der Waals surface area (Å²) in [6.45, 7) is 5.56. The van der Waals surface area contributed by atoms with Crippen molar-refractivity contribution in [1.29, 1.82) is 0 Å². The Labute approximate surface area is 173 Å². The summed E-state index contributed by atoms with van der Waals surface area (Å²) < 4.78 is 81.3. The van der Waals surface area contributed by atoms with E-state index < -0.39 is 40.9 Å². The van der Waals surface area contributed by atoms with Crippen molar-refractivity contribution >= 4 is 11.7 Å². The van der Waals surface area contributed by atoms with Gasteiger partial charge in [-0.1, -0.05) is 19.9 Å². The van der Waals surface area contributed by atoms with E-state index in [0.29, 0.717) is 6.07 Å². The zero-order chi connectivity index (χ0) is 23.3. The first-order valence-corrected chi connectivity index (χ1v) is 9.19. The van der Waals surface area contributed by atoms with E-state index in [4.69, 9.17) is 0 Å². The Morgan fingerprint density at radius 1 is 1.06 bits per heavy atom. The van der Waals surface area contributed by atoms with Crippen LogP contribution in [-0.4, -0.2) is 20.7 Å². The number of alkyl halides is 3. The molecule has 0 saturated carbocycles. The van der Waals surface area contributed by atoms with Crippen LogP contribution in [0.5, 0.6) is 0 Å². The first-order chi connectivity index (χ1) is 14.6. The fraction of sp³-hybridized carbons (Fsp3) is 0.250. The number of aromatic nitrogens is 3. The highest BCUT2D eigenvalue weighted by atomic mass is 19.4. The largest absolute Gasteiger partial charge is 0.435 e. The van der Waals surface area contributed by atoms with Crippen LogP contribution in [0.15, 0.2) is 36.4 Å². The number of rotatable bonds is 4. The van der Waals surface area contributed by atoms with Crippen molar-refractivity contribution in [1.82, 2.24) is 14.8 Å². The molecule has 0 radical (unpaired) electrons. The van der Waals surface area contributed by atoms with Crippen molar-refractivity contribution in [3.63, 3.8) is 0 Å². The van der Waals surface area contributed by atoms with Crippen LogP contribution in [0, 0.1) is 17.6 Å². The van der Waals surface area contributed by atoms with Gasteiger partial charge >= 0.3 is 6.18 Å². The molecule has 11 heteroatoms. The van der Waals surface area contributed by atoms with Gasteiger partial charge in [-0.2, -0.15) is 22.7 Å². The molecule has 0 saturated heterocycles. The lowest BCUT2D eigenvalue weighted by atomic mass is 10.1. The Bertz CT molecular complexity index is 1060. The first kappa shape index (κ1) is 23.9. The van der Waals surface area contributed by atoms with Gasteiger partial charge in [0, 0.05) is 6.54 Å². The van der Waals surface area contributed by atoms with E-state index in [1.54, 1.807) is 0 Å². The first-order valence-electron chi connectivity index (χ1n) is 9.19. The van der Waals surface area contributed by atoms with Crippen LogP contribution in [0.1, 0.15) is 36.8 Å². The van der Waals surface area contributed by atoms with Gasteiger partial charge in [0.15, 0.2) is 5.69 Å². The van der Waals surface area contributed by atoms with Crippen molar-refractivity contribution in [2.45, 2.75) is 33.5 Å². The maximum absolute atomic E-state index is 14.4. The molecule has 5 nitrogen and oxygen atoms in total. The molecular formula is C20H18F6N4O. The summed E-state index contributed by atoms with van der Waals surface area (Å²) in [7, 11) is 0. The highest BCUT2D eigenvalue weighted by Gasteiger charge is 2.35. The number of pyridine rings is 1. The van der Waals surface area contributed by atoms with Crippen LogP contribution >= 0.6 is 0 Å². The minimum absolute atomic E-state index is 0.0376. The number of anilines is 1. The Hall–Kier alpha value is -3.37. The molecule has 0 bridgehead atoms. The monoisotopic (exact) mass is 444 g/mol. The molecule has 1 N–H and O–H groups in total. The second-order valence-corrected chi connectivity index (χ2v) is 5.81. The lowest BCUT2D eigenvalue weighted by Crippen LogP contribution is -2.17. The highest BCUT2D eigenvalue weighted by Crippen LogP contribution is 2.32. The van der Waals surface area contributed by atoms with Crippen LogP contribution in [-0.2, 0) is 12.7 Å². The zero-order valence-electron chi connectivity index (χ0n) is 16.7. The fourth-order valence-electron chi connectivity index (χ4n) is 2.60. The number of aryl methyl sites for hydroxylation is 1. The van der Waals surface area contributed by atoms with Crippen LogP contribution < -0.4 is 5.32 Å². The SMILES string of the molecule is CC.CCn1nc(C(F)(F)F)cc1-c1ccc(NC(=O)c2c(F)cccc2F)nc1F. The predicted molar refractivity (Wildman–Crippen MR) is 102 cm³/mol. The van der Waals surface area contributed by atoms with E-state index in [2.05, 4.69) is 10.1 Å². The smallest absolute Gasteiger partial charge is 0.306 e. The number of nitrogens with one attached hydrogen (secondary N) is 1. The van der Waals surface area contributed by atoms with Gasteiger partial charge in [-0.25, -0.2) is 13.8 Å². The van der Waals surface area contributed by atoms with Crippen molar-refractivity contribution in [2.75, 3.05) is 5.32 Å². The van der Waals surface area contributed by atoms with Gasteiger partial charge in [0.05, 0.1) is 11.3 Å². The third-order valence-corrected chi connectivity index (χ3v) is 3.93. The molecule has 0 atom stereocenters. The summed E-state index contributed by atoms with van der Waals surface area (Å²) in [5.41, 5.74) is -2.52. The topological polar surface area (TPSA) is 59.8 Å². The van der Waals surface area contributed by atoms with Gasteiger partial charge in [0.2, 0.25) is 5.95 Å². The van der Waals surface area contributed by atoms with Crippen molar-refractivity contribution < 1.29 is 31.1 Å². The lowest BCUT2D eigenvalue weighted by molar-refractivity contribution is -0.141. The third-order valence-electron chi connectivity index (χ3n) is 3.93. The number of benzene rings is 1. The summed E-state index contributed by atoms with van der Waals surface area (Å²) >= 11 is 0. The molecule has 1 amide bonds. The minimum Gasteiger partial charge on any atom is -0.306 e. The van der Waals surface area contributed by atoms with E-state index >= 15 is 0 Å². The Morgan fingerprint density at radius 3 is 2.19 bits per heavy atom. The molecule has 3 rings (SSSR count). The standard InChI is InChI=1S/C18H12F6N4O.C2H6/c1-2-28-12(8-13(27-28)18(22,23)24)9-6-7-14(25-16(9)21)26-17(29)15-10(19)4-3-5-11(15)20;1-2/h3-8H,2H2,1H3,(H,25,26,29);1-2H3. The molecule has 0 aliphatic rings. The molecule has 0 fully saturated rings. The quantitative estimate of drug-likeness (QED) is 0.416. The second-order valence-electron chi connectivity index (χ2n) is 5.81. The second kappa shape index (κ2) is 9.63. The minimum atomic E-state index is -4.71. The number of hydrogen-bond donors (Lipinski definition) is 1. The van der Waals surface area contributed by atoms with E-state index in [0.717, 1.165) is 35.0 Å². The lowest BCUT2D eigenvalue weighted by Gasteiger charge is -2.09. The fourth-order valence-corrected chi connectivity index (χ4v) is 2.60. The number of hydrogen-bond acceptors (Lipinski definition) is 3. The number of amides is 1. The van der Waals surface area contributed by atoms with Gasteiger partial charge in [-0.15, -0.1) is 0 Å². The summed E-state index contributed by atoms with van der Waals surface area (Å²) in [6.07, 6.45) is -4.71. The zero-order valence-corrected chi connectivity index (χ0v) is 16.7. The van der Waals surface area contributed by atoms with Crippen molar-refractivity contribution in [2.24, 2.45) is 0 Å². The van der Waals surface area contributed by atoms with E-state index in [1.807, 2.05) is 19.2 Å². The Morgan fingerprint density at radius 2 is 1.68 bits per heavy atom. The van der Waals surface area contributed by atoms with Crippen LogP contribution in [0.2, 0.25) is 0 Å². The Balaban J connectivity index is 0.00000166. The van der Waals surface area contributed by atoms with Gasteiger partial charge < -0.3 is 5.32 Å². The average Bonchev–Trinajstić information content (AvgIpc) is 3.14. The molecule has 0 spiro atoms. The van der Waals surface area contributed by atoms with E-state index in [9.17, 15) is 31.1 Å². The summed E-state index contributed by atoms with van der Waals surface area (Å²) in [4.78, 5) is 15.5. The van der Waals surface area contributed by atoms with Gasteiger partial charge in [-0.05, 0) is 37.3 Å². The molecule has 31 heavy (non-hydrogen) atoms. The highest BCUT2D eigenvalue weighted by molar-refractivity contribution is 6.04. The van der Waals surface area contributed by atoms with E-state index in [1.165, 1.54) is 6.92 Å². The molecular weight excluding hydrogens is 426 g/mol. The summed E-state index contributed by atoms with van der Waals surface area (Å²) in [6, 6.07) is 5.67. The number of carbonyl (C=O) groups excluding carboxylic acids is 1. The van der Waals surface area contributed by atoms with Crippen LogP contribution in [0.4, 0.5) is 32.2 Å². The van der Waals surface area contributed by atoms with Gasteiger partial charge in [0.1, 0.15) is 23.0 Å². The molecule has 3 aromatic rings. The number of carbonyl (C=O) groups is 1. The van der Waals surface area contributed by atoms with Crippen LogP contribution in [0.25, 0.3) is 11.3 Å². The third kappa shape index (κ3) is 5.22. The maximum Gasteiger partial charge on any atom is 0.435 e. The van der Waals surface area contributed by atoms with Gasteiger partial charge in [0.25, 0.3) is 5.91 Å². The molecule has 2 aromatic heterocycles. The number of nitrogens with zero attached hydrogens (tertiary/aromatic N) is 3. The van der Waals surface area contributed by atoms with E-state index in [-0.39, 0.29) is 23.6 Å². The van der Waals surface area contributed by atoms with Gasteiger partial charge in [-0.3, -0.25) is 9.48 Å². The maximum atomic E-state index is 14.4. The molecule has 166 valence electrons. The number of halogens is 6.